The highest BCUT2D eigenvalue weighted by atomic mass is 127. The summed E-state index contributed by atoms with van der Waals surface area (Å²) in [5.41, 5.74) is 3.66. The minimum atomic E-state index is 1.12. The van der Waals surface area contributed by atoms with Crippen LogP contribution in [0.1, 0.15) is 18.5 Å². The van der Waals surface area contributed by atoms with E-state index in [0.717, 1.165) is 11.2 Å². The van der Waals surface area contributed by atoms with E-state index >= 15 is 0 Å². The quantitative estimate of drug-likeness (QED) is 0.737. The molecule has 3 rings (SSSR count). The predicted molar refractivity (Wildman–Crippen MR) is 80.6 cm³/mol. The van der Waals surface area contributed by atoms with Gasteiger partial charge in [-0.2, -0.15) is 0 Å². The number of hydrogen-bond donors (Lipinski definition) is 0. The smallest absolute Gasteiger partial charge is 0.0726 e. The van der Waals surface area contributed by atoms with Gasteiger partial charge in [0.15, 0.2) is 0 Å². The third kappa shape index (κ3) is 1.90. The number of pyridine rings is 1. The first kappa shape index (κ1) is 11.3. The van der Waals surface area contributed by atoms with Crippen molar-refractivity contribution < 1.29 is 0 Å². The topological polar surface area (TPSA) is 16.1 Å². The summed E-state index contributed by atoms with van der Waals surface area (Å²) in [5.74, 6) is 0. The van der Waals surface area contributed by atoms with Crippen molar-refractivity contribution >= 4 is 39.2 Å². The van der Waals surface area contributed by atoms with Crippen LogP contribution in [0.3, 0.4) is 0 Å². The Kier molecular flexibility index (Phi) is 2.94. The molecule has 3 heteroatoms. The lowest BCUT2D eigenvalue weighted by molar-refractivity contribution is 0.949. The molecule has 1 aromatic carbocycles. The summed E-state index contributed by atoms with van der Waals surface area (Å²) in [6.07, 6.45) is 2.62. The van der Waals surface area contributed by atoms with Gasteiger partial charge in [-0.15, -0.1) is 0 Å². The first-order valence-corrected chi connectivity index (χ1v) is 7.15. The number of aryl methyl sites for hydroxylation is 1. The van der Waals surface area contributed by atoms with Crippen LogP contribution >= 0.6 is 22.6 Å². The summed E-state index contributed by atoms with van der Waals surface area (Å²) in [6.45, 7) is 4.47. The third-order valence-electron chi connectivity index (χ3n) is 3.40. The number of hydrogen-bond acceptors (Lipinski definition) is 2. The number of halogens is 1. The van der Waals surface area contributed by atoms with E-state index in [-0.39, 0.29) is 0 Å². The number of aromatic nitrogens is 1. The highest BCUT2D eigenvalue weighted by molar-refractivity contribution is 14.1. The van der Waals surface area contributed by atoms with E-state index in [1.807, 2.05) is 0 Å². The van der Waals surface area contributed by atoms with Gasteiger partial charge in [-0.25, -0.2) is 0 Å². The minimum Gasteiger partial charge on any atom is -0.370 e. The summed E-state index contributed by atoms with van der Waals surface area (Å²) in [7, 11) is 0. The largest absolute Gasteiger partial charge is 0.370 e. The maximum atomic E-state index is 4.67. The van der Waals surface area contributed by atoms with Gasteiger partial charge in [0.05, 0.1) is 20.5 Å². The highest BCUT2D eigenvalue weighted by Gasteiger charge is 2.19. The van der Waals surface area contributed by atoms with Crippen LogP contribution in [0.15, 0.2) is 24.3 Å². The SMILES string of the molecule is Cc1nc2ccccc2c(N2CCCC2)c1I. The van der Waals surface area contributed by atoms with Crippen LogP contribution < -0.4 is 4.90 Å². The molecule has 0 radical (unpaired) electrons. The summed E-state index contributed by atoms with van der Waals surface area (Å²) in [6, 6.07) is 8.47. The molecule has 2 aromatic rings. The van der Waals surface area contributed by atoms with Crippen molar-refractivity contribution in [3.63, 3.8) is 0 Å². The normalized spacial score (nSPS) is 15.8. The van der Waals surface area contributed by atoms with Crippen LogP contribution in [-0.4, -0.2) is 18.1 Å². The highest BCUT2D eigenvalue weighted by Crippen LogP contribution is 2.34. The second kappa shape index (κ2) is 4.44. The second-order valence-corrected chi connectivity index (χ2v) is 5.65. The van der Waals surface area contributed by atoms with Gasteiger partial charge < -0.3 is 4.90 Å². The molecule has 2 heterocycles. The summed E-state index contributed by atoms with van der Waals surface area (Å²) >= 11 is 2.44. The van der Waals surface area contributed by atoms with E-state index in [1.165, 1.54) is 40.6 Å². The maximum Gasteiger partial charge on any atom is 0.0726 e. The van der Waals surface area contributed by atoms with E-state index in [9.17, 15) is 0 Å². The zero-order valence-electron chi connectivity index (χ0n) is 9.91. The fourth-order valence-corrected chi connectivity index (χ4v) is 3.29. The van der Waals surface area contributed by atoms with Crippen molar-refractivity contribution in [2.45, 2.75) is 19.8 Å². The number of benzene rings is 1. The maximum absolute atomic E-state index is 4.67. The number of rotatable bonds is 1. The molecular weight excluding hydrogens is 323 g/mol. The molecule has 1 aromatic heterocycles. The van der Waals surface area contributed by atoms with E-state index in [1.54, 1.807) is 0 Å². The molecule has 0 spiro atoms. The zero-order chi connectivity index (χ0) is 11.8. The lowest BCUT2D eigenvalue weighted by Gasteiger charge is -2.22. The molecule has 88 valence electrons. The second-order valence-electron chi connectivity index (χ2n) is 4.57. The molecule has 0 bridgehead atoms. The molecule has 1 aliphatic rings. The fourth-order valence-electron chi connectivity index (χ4n) is 2.54. The average molecular weight is 338 g/mol. The van der Waals surface area contributed by atoms with E-state index < -0.39 is 0 Å². The van der Waals surface area contributed by atoms with Crippen LogP contribution in [0.25, 0.3) is 10.9 Å². The van der Waals surface area contributed by atoms with Crippen molar-refractivity contribution in [3.8, 4) is 0 Å². The van der Waals surface area contributed by atoms with Gasteiger partial charge in [0.1, 0.15) is 0 Å². The Bertz CT molecular complexity index is 559. The first-order chi connectivity index (χ1) is 8.27. The lowest BCUT2D eigenvalue weighted by Crippen LogP contribution is -2.20. The average Bonchev–Trinajstić information content (AvgIpc) is 2.84. The Morgan fingerprint density at radius 3 is 2.65 bits per heavy atom. The van der Waals surface area contributed by atoms with Gasteiger partial charge >= 0.3 is 0 Å². The monoisotopic (exact) mass is 338 g/mol. The molecule has 1 saturated heterocycles. The Morgan fingerprint density at radius 2 is 1.88 bits per heavy atom. The van der Waals surface area contributed by atoms with Crippen molar-refractivity contribution in [1.29, 1.82) is 0 Å². The summed E-state index contributed by atoms with van der Waals surface area (Å²) < 4.78 is 1.31. The van der Waals surface area contributed by atoms with Gasteiger partial charge in [-0.05, 0) is 48.4 Å². The van der Waals surface area contributed by atoms with Gasteiger partial charge in [0.2, 0.25) is 0 Å². The Hall–Kier alpha value is -0.840. The van der Waals surface area contributed by atoms with E-state index in [2.05, 4.69) is 63.7 Å². The Morgan fingerprint density at radius 1 is 1.18 bits per heavy atom. The van der Waals surface area contributed by atoms with E-state index in [0.29, 0.717) is 0 Å². The molecule has 0 N–H and O–H groups in total. The van der Waals surface area contributed by atoms with Crippen molar-refractivity contribution in [2.75, 3.05) is 18.0 Å². The molecule has 1 fully saturated rings. The number of para-hydroxylation sites is 1. The molecular formula is C14H15IN2. The van der Waals surface area contributed by atoms with Crippen molar-refractivity contribution in [2.24, 2.45) is 0 Å². The minimum absolute atomic E-state index is 1.12. The van der Waals surface area contributed by atoms with Crippen LogP contribution in [0.5, 0.6) is 0 Å². The summed E-state index contributed by atoms with van der Waals surface area (Å²) in [4.78, 5) is 7.19. The number of fused-ring (bicyclic) bond motifs is 1. The predicted octanol–water partition coefficient (Wildman–Crippen LogP) is 3.75. The molecule has 1 aliphatic heterocycles. The first-order valence-electron chi connectivity index (χ1n) is 6.07. The Balaban J connectivity index is 2.29. The van der Waals surface area contributed by atoms with Gasteiger partial charge in [0.25, 0.3) is 0 Å². The van der Waals surface area contributed by atoms with Crippen LogP contribution in [0, 0.1) is 10.5 Å². The molecule has 0 aliphatic carbocycles. The molecule has 0 saturated carbocycles. The van der Waals surface area contributed by atoms with Gasteiger partial charge in [-0.3, -0.25) is 4.98 Å². The molecule has 2 nitrogen and oxygen atoms in total. The van der Waals surface area contributed by atoms with Gasteiger partial charge in [-0.1, -0.05) is 18.2 Å². The van der Waals surface area contributed by atoms with E-state index in [4.69, 9.17) is 0 Å². The van der Waals surface area contributed by atoms with Crippen LogP contribution in [0.4, 0.5) is 5.69 Å². The van der Waals surface area contributed by atoms with Crippen molar-refractivity contribution in [3.05, 3.63) is 33.5 Å². The third-order valence-corrected chi connectivity index (χ3v) is 4.69. The Labute approximate surface area is 115 Å². The molecule has 0 amide bonds. The van der Waals surface area contributed by atoms with Crippen molar-refractivity contribution in [1.82, 2.24) is 4.98 Å². The standard InChI is InChI=1S/C14H15IN2/c1-10-13(15)14(17-8-4-5-9-17)11-6-2-3-7-12(11)16-10/h2-3,6-7H,4-5,8-9H2,1H3. The fraction of sp³-hybridized carbons (Fsp3) is 0.357. The molecule has 0 atom stereocenters. The number of nitrogens with zero attached hydrogens (tertiary/aromatic N) is 2. The zero-order valence-corrected chi connectivity index (χ0v) is 12.1. The summed E-state index contributed by atoms with van der Waals surface area (Å²) in [5, 5.41) is 1.30. The van der Waals surface area contributed by atoms with Crippen LogP contribution in [0.2, 0.25) is 0 Å². The van der Waals surface area contributed by atoms with Gasteiger partial charge in [0, 0.05) is 18.5 Å². The van der Waals surface area contributed by atoms with Crippen LogP contribution in [-0.2, 0) is 0 Å². The number of anilines is 1. The lowest BCUT2D eigenvalue weighted by atomic mass is 10.1. The molecule has 17 heavy (non-hydrogen) atoms. The molecule has 0 unspecified atom stereocenters.